The first kappa shape index (κ1) is 14.2. The van der Waals surface area contributed by atoms with Crippen LogP contribution in [0.15, 0.2) is 24.3 Å². The van der Waals surface area contributed by atoms with Gasteiger partial charge in [-0.25, -0.2) is 0 Å². The largest absolute Gasteiger partial charge is 0.495 e. The molecule has 0 unspecified atom stereocenters. The van der Waals surface area contributed by atoms with Crippen molar-refractivity contribution in [3.63, 3.8) is 0 Å². The fourth-order valence-electron chi connectivity index (χ4n) is 2.48. The SMILES string of the molecule is COc1ccccc1N(C)CCN1CCCNCC1. The normalized spacial score (nSPS) is 16.9. The van der Waals surface area contributed by atoms with Crippen LogP contribution in [0.3, 0.4) is 0 Å². The van der Waals surface area contributed by atoms with Crippen LogP contribution in [0.25, 0.3) is 0 Å². The minimum absolute atomic E-state index is 0.947. The minimum Gasteiger partial charge on any atom is -0.495 e. The Hall–Kier alpha value is -1.26. The number of hydrogen-bond donors (Lipinski definition) is 1. The topological polar surface area (TPSA) is 27.7 Å². The summed E-state index contributed by atoms with van der Waals surface area (Å²) in [6.07, 6.45) is 1.25. The Balaban J connectivity index is 1.87. The molecule has 2 rings (SSSR count). The van der Waals surface area contributed by atoms with Gasteiger partial charge < -0.3 is 19.9 Å². The lowest BCUT2D eigenvalue weighted by molar-refractivity contribution is 0.299. The summed E-state index contributed by atoms with van der Waals surface area (Å²) in [6, 6.07) is 8.20. The number of para-hydroxylation sites is 2. The zero-order chi connectivity index (χ0) is 13.5. The van der Waals surface area contributed by atoms with Crippen molar-refractivity contribution in [2.24, 2.45) is 0 Å². The average Bonchev–Trinajstić information content (AvgIpc) is 2.73. The maximum Gasteiger partial charge on any atom is 0.142 e. The van der Waals surface area contributed by atoms with Crippen molar-refractivity contribution in [3.05, 3.63) is 24.3 Å². The van der Waals surface area contributed by atoms with Crippen molar-refractivity contribution in [1.82, 2.24) is 10.2 Å². The van der Waals surface area contributed by atoms with Crippen molar-refractivity contribution in [3.8, 4) is 5.75 Å². The predicted octanol–water partition coefficient (Wildman–Crippen LogP) is 1.43. The summed E-state index contributed by atoms with van der Waals surface area (Å²) in [6.45, 7) is 6.75. The van der Waals surface area contributed by atoms with Crippen LogP contribution in [0.4, 0.5) is 5.69 Å². The lowest BCUT2D eigenvalue weighted by atomic mass is 10.2. The maximum atomic E-state index is 5.41. The Morgan fingerprint density at radius 2 is 2.11 bits per heavy atom. The van der Waals surface area contributed by atoms with E-state index in [1.165, 1.54) is 13.0 Å². The number of rotatable bonds is 5. The zero-order valence-electron chi connectivity index (χ0n) is 12.1. The van der Waals surface area contributed by atoms with Crippen LogP contribution in [0.1, 0.15) is 6.42 Å². The van der Waals surface area contributed by atoms with Crippen LogP contribution in [-0.2, 0) is 0 Å². The molecular formula is C15H25N3O. The molecule has 1 aliphatic rings. The molecule has 4 nitrogen and oxygen atoms in total. The van der Waals surface area contributed by atoms with Gasteiger partial charge in [-0.05, 0) is 31.6 Å². The fraction of sp³-hybridized carbons (Fsp3) is 0.600. The highest BCUT2D eigenvalue weighted by molar-refractivity contribution is 5.57. The second kappa shape index (κ2) is 7.36. The molecule has 1 aliphatic heterocycles. The molecule has 1 heterocycles. The van der Waals surface area contributed by atoms with Gasteiger partial charge in [-0.2, -0.15) is 0 Å². The molecule has 1 aromatic rings. The van der Waals surface area contributed by atoms with Crippen LogP contribution >= 0.6 is 0 Å². The summed E-state index contributed by atoms with van der Waals surface area (Å²) in [5.74, 6) is 0.947. The van der Waals surface area contributed by atoms with Crippen molar-refractivity contribution < 1.29 is 4.74 Å². The minimum atomic E-state index is 0.947. The Bertz CT molecular complexity index is 375. The van der Waals surface area contributed by atoms with E-state index in [0.717, 1.165) is 44.2 Å². The Morgan fingerprint density at radius 3 is 2.95 bits per heavy atom. The first-order valence-electron chi connectivity index (χ1n) is 7.08. The third-order valence-electron chi connectivity index (χ3n) is 3.68. The molecule has 1 saturated heterocycles. The van der Waals surface area contributed by atoms with Crippen LogP contribution in [0.2, 0.25) is 0 Å². The second-order valence-corrected chi connectivity index (χ2v) is 5.04. The molecule has 0 atom stereocenters. The van der Waals surface area contributed by atoms with E-state index >= 15 is 0 Å². The molecule has 0 saturated carbocycles. The maximum absolute atomic E-state index is 5.41. The second-order valence-electron chi connectivity index (χ2n) is 5.04. The van der Waals surface area contributed by atoms with Crippen LogP contribution < -0.4 is 15.0 Å². The summed E-state index contributed by atoms with van der Waals surface area (Å²) >= 11 is 0. The molecule has 1 fully saturated rings. The molecule has 0 aliphatic carbocycles. The van der Waals surface area contributed by atoms with E-state index in [4.69, 9.17) is 4.74 Å². The highest BCUT2D eigenvalue weighted by atomic mass is 16.5. The van der Waals surface area contributed by atoms with Crippen LogP contribution in [0, 0.1) is 0 Å². The molecule has 0 radical (unpaired) electrons. The van der Waals surface area contributed by atoms with Crippen molar-refractivity contribution in [2.75, 3.05) is 58.3 Å². The molecule has 1 N–H and O–H groups in total. The van der Waals surface area contributed by atoms with Crippen molar-refractivity contribution >= 4 is 5.69 Å². The summed E-state index contributed by atoms with van der Waals surface area (Å²) < 4.78 is 5.41. The number of ether oxygens (including phenoxy) is 1. The molecule has 19 heavy (non-hydrogen) atoms. The van der Waals surface area contributed by atoms with Gasteiger partial charge in [-0.3, -0.25) is 0 Å². The van der Waals surface area contributed by atoms with Crippen LogP contribution in [0.5, 0.6) is 5.75 Å². The number of likely N-dealkylation sites (N-methyl/N-ethyl adjacent to an activating group) is 1. The van der Waals surface area contributed by atoms with Gasteiger partial charge in [0.2, 0.25) is 0 Å². The Morgan fingerprint density at radius 1 is 1.26 bits per heavy atom. The number of nitrogens with one attached hydrogen (secondary N) is 1. The summed E-state index contributed by atoms with van der Waals surface area (Å²) in [4.78, 5) is 4.81. The van der Waals surface area contributed by atoms with E-state index < -0.39 is 0 Å². The summed E-state index contributed by atoms with van der Waals surface area (Å²) in [7, 11) is 3.86. The molecule has 0 spiro atoms. The third kappa shape index (κ3) is 4.11. The van der Waals surface area contributed by atoms with Gasteiger partial charge in [-0.15, -0.1) is 0 Å². The van der Waals surface area contributed by atoms with Gasteiger partial charge in [0.1, 0.15) is 5.75 Å². The van der Waals surface area contributed by atoms with Gasteiger partial charge in [0.05, 0.1) is 12.8 Å². The molecule has 0 amide bonds. The standard InChI is InChI=1S/C15H25N3O/c1-17(14-6-3-4-7-15(14)19-2)12-13-18-10-5-8-16-9-11-18/h3-4,6-7,16H,5,8-13H2,1-2H3. The smallest absolute Gasteiger partial charge is 0.142 e. The number of methoxy groups -OCH3 is 1. The van der Waals surface area contributed by atoms with E-state index in [0.29, 0.717) is 0 Å². The van der Waals surface area contributed by atoms with E-state index in [2.05, 4.69) is 34.3 Å². The van der Waals surface area contributed by atoms with E-state index in [1.807, 2.05) is 12.1 Å². The van der Waals surface area contributed by atoms with Gasteiger partial charge in [0, 0.05) is 33.2 Å². The van der Waals surface area contributed by atoms with E-state index in [1.54, 1.807) is 7.11 Å². The summed E-state index contributed by atoms with van der Waals surface area (Å²) in [5, 5.41) is 3.44. The van der Waals surface area contributed by atoms with Gasteiger partial charge in [0.25, 0.3) is 0 Å². The Kier molecular flexibility index (Phi) is 5.48. The highest BCUT2D eigenvalue weighted by Crippen LogP contribution is 2.26. The monoisotopic (exact) mass is 263 g/mol. The number of anilines is 1. The molecule has 1 aromatic carbocycles. The molecular weight excluding hydrogens is 238 g/mol. The van der Waals surface area contributed by atoms with Gasteiger partial charge >= 0.3 is 0 Å². The van der Waals surface area contributed by atoms with E-state index in [-0.39, 0.29) is 0 Å². The average molecular weight is 263 g/mol. The first-order valence-corrected chi connectivity index (χ1v) is 7.08. The molecule has 0 bridgehead atoms. The lowest BCUT2D eigenvalue weighted by Gasteiger charge is -2.26. The number of hydrogen-bond acceptors (Lipinski definition) is 4. The molecule has 106 valence electrons. The fourth-order valence-corrected chi connectivity index (χ4v) is 2.48. The Labute approximate surface area is 116 Å². The molecule has 4 heteroatoms. The van der Waals surface area contributed by atoms with E-state index in [9.17, 15) is 0 Å². The number of benzene rings is 1. The summed E-state index contributed by atoms with van der Waals surface area (Å²) in [5.41, 5.74) is 1.16. The quantitative estimate of drug-likeness (QED) is 0.870. The predicted molar refractivity (Wildman–Crippen MR) is 80.2 cm³/mol. The zero-order valence-corrected chi connectivity index (χ0v) is 12.1. The highest BCUT2D eigenvalue weighted by Gasteiger charge is 2.11. The third-order valence-corrected chi connectivity index (χ3v) is 3.68. The van der Waals surface area contributed by atoms with Gasteiger partial charge in [0.15, 0.2) is 0 Å². The lowest BCUT2D eigenvalue weighted by Crippen LogP contribution is -2.35. The van der Waals surface area contributed by atoms with Crippen LogP contribution in [-0.4, -0.2) is 58.3 Å². The van der Waals surface area contributed by atoms with Gasteiger partial charge in [-0.1, -0.05) is 12.1 Å². The first-order chi connectivity index (χ1) is 9.31. The number of nitrogens with zero attached hydrogens (tertiary/aromatic N) is 2. The van der Waals surface area contributed by atoms with Crippen molar-refractivity contribution in [2.45, 2.75) is 6.42 Å². The van der Waals surface area contributed by atoms with Crippen molar-refractivity contribution in [1.29, 1.82) is 0 Å². The molecule has 0 aromatic heterocycles.